The van der Waals surface area contributed by atoms with Crippen molar-refractivity contribution in [3.05, 3.63) is 119 Å². The molecule has 0 N–H and O–H groups in total. The van der Waals surface area contributed by atoms with Crippen LogP contribution in [0.15, 0.2) is 154 Å². The molecule has 364 valence electrons. The van der Waals surface area contributed by atoms with Gasteiger partial charge in [0.25, 0.3) is 0 Å². The summed E-state index contributed by atoms with van der Waals surface area (Å²) in [6, 6.07) is 25.5. The van der Waals surface area contributed by atoms with Crippen LogP contribution in [0.25, 0.3) is 40.9 Å². The molecule has 0 radical (unpaired) electrons. The van der Waals surface area contributed by atoms with Crippen LogP contribution in [0.3, 0.4) is 0 Å². The lowest BCUT2D eigenvalue weighted by atomic mass is 9.84. The minimum absolute atomic E-state index is 0.0958. The number of sulfone groups is 4. The van der Waals surface area contributed by atoms with Crippen LogP contribution in [-0.2, 0) is 39.3 Å². The Hall–Kier alpha value is -4.58. The van der Waals surface area contributed by atoms with Crippen LogP contribution in [-0.4, -0.2) is 90.2 Å². The fraction of sp³-hybridized carbons (Fsp3) is 0.0870. The third-order valence-corrected chi connectivity index (χ3v) is 24.0. The molecule has 0 aliphatic heterocycles. The average molecular weight is 1180 g/mol. The van der Waals surface area contributed by atoms with Crippen LogP contribution in [0.5, 0.6) is 0 Å². The summed E-state index contributed by atoms with van der Waals surface area (Å²) in [7, 11) is -14.1. The van der Waals surface area contributed by atoms with Gasteiger partial charge in [-0.3, -0.25) is 9.59 Å². The summed E-state index contributed by atoms with van der Waals surface area (Å²) >= 11 is 9.56. The Labute approximate surface area is 443 Å². The van der Waals surface area contributed by atoms with E-state index in [1.54, 1.807) is 72.8 Å². The highest BCUT2D eigenvalue weighted by atomic mass is 32.2. The maximum Gasteiger partial charge on any atom is 0.196 e. The number of rotatable bonds is 12. The van der Waals surface area contributed by atoms with Gasteiger partial charge in [0.1, 0.15) is 0 Å². The number of carbonyl (C=O) groups excluding carboxylic acids is 2. The van der Waals surface area contributed by atoms with Gasteiger partial charge < -0.3 is 0 Å². The first-order valence-corrected chi connectivity index (χ1v) is 34.6. The quantitative estimate of drug-likeness (QED) is 0.111. The lowest BCUT2D eigenvalue weighted by Gasteiger charge is -2.25. The molecule has 0 bridgehead atoms. The number of hydrogen-bond acceptors (Lipinski definition) is 22. The van der Waals surface area contributed by atoms with Crippen LogP contribution < -0.4 is 0 Å². The molecule has 0 saturated carbocycles. The number of ketones is 2. The van der Waals surface area contributed by atoms with E-state index in [0.29, 0.717) is 77.8 Å². The molecule has 6 aromatic carbocycles. The van der Waals surface area contributed by atoms with E-state index in [1.165, 1.54) is 69.6 Å². The summed E-state index contributed by atoms with van der Waals surface area (Å²) < 4.78 is 104. The standard InChI is InChI=1S/C46H28N4O10S12/c1-69(53,54)21-5-9-25-33(17-21)65-43(47-25)61-29-13-14-30(62-44-48-26-10-6-22(70(2,55)56)18-34(26)66-44)38-37(29)41(51)39-31(63-45-49-27-11-7-23(71(3,57)58)19-35(27)67-45)15-16-32(40(39)42(38)52)64-46-50-28-12-8-24(72(4,59)60)20-36(28)68-46/h5-20H,1-4H3. The fourth-order valence-electron chi connectivity index (χ4n) is 7.63. The van der Waals surface area contributed by atoms with Crippen molar-refractivity contribution in [2.24, 2.45) is 0 Å². The SMILES string of the molecule is CS(=O)(=O)c1ccc2nc(Sc3ccc(Sc4nc5ccc(S(C)(=O)=O)cc5s4)c4c3C(=O)c3c(Sc5nc6ccc(S(C)(=O)=O)cc6s5)ccc(Sc5nc6ccc(S(C)(=O)=O)cc6s5)c3C4=O)sc2c1. The van der Waals surface area contributed by atoms with E-state index in [-0.39, 0.29) is 41.8 Å². The summed E-state index contributed by atoms with van der Waals surface area (Å²) in [5.41, 5.74) is 2.55. The van der Waals surface area contributed by atoms with Gasteiger partial charge in [0.2, 0.25) is 0 Å². The average Bonchev–Trinajstić information content (AvgIpc) is 4.10. The number of benzene rings is 6. The van der Waals surface area contributed by atoms with Crippen molar-refractivity contribution in [3.63, 3.8) is 0 Å². The highest BCUT2D eigenvalue weighted by Crippen LogP contribution is 2.50. The molecule has 0 spiro atoms. The summed E-state index contributed by atoms with van der Waals surface area (Å²) in [6.45, 7) is 0. The number of thiazole rings is 4. The number of carbonyl (C=O) groups is 2. The van der Waals surface area contributed by atoms with E-state index in [0.717, 1.165) is 72.1 Å². The van der Waals surface area contributed by atoms with Crippen molar-refractivity contribution in [3.8, 4) is 0 Å². The Morgan fingerprint density at radius 2 is 0.542 bits per heavy atom. The van der Waals surface area contributed by atoms with E-state index in [4.69, 9.17) is 19.9 Å². The van der Waals surface area contributed by atoms with Gasteiger partial charge in [-0.05, 0) is 97.1 Å². The van der Waals surface area contributed by atoms with Gasteiger partial charge in [-0.15, -0.1) is 45.3 Å². The summed E-state index contributed by atoms with van der Waals surface area (Å²) in [5, 5.41) is 0. The van der Waals surface area contributed by atoms with Gasteiger partial charge >= 0.3 is 0 Å². The van der Waals surface area contributed by atoms with E-state index in [1.807, 2.05) is 0 Å². The van der Waals surface area contributed by atoms with Gasteiger partial charge in [0.15, 0.2) is 68.3 Å². The molecule has 0 fully saturated rings. The van der Waals surface area contributed by atoms with Gasteiger partial charge in [0, 0.05) is 66.9 Å². The minimum Gasteiger partial charge on any atom is -0.288 e. The van der Waals surface area contributed by atoms with E-state index in [9.17, 15) is 33.7 Å². The molecule has 0 unspecified atom stereocenters. The topological polar surface area (TPSA) is 222 Å². The predicted octanol–water partition coefficient (Wildman–Crippen LogP) is 11.1. The molecule has 0 amide bonds. The lowest BCUT2D eigenvalue weighted by molar-refractivity contribution is 0.0970. The van der Waals surface area contributed by atoms with Gasteiger partial charge in [-0.25, -0.2) is 53.6 Å². The van der Waals surface area contributed by atoms with Gasteiger partial charge in [-0.1, -0.05) is 47.0 Å². The fourth-order valence-corrected chi connectivity index (χ4v) is 19.3. The summed E-state index contributed by atoms with van der Waals surface area (Å²) in [6.07, 6.45) is 4.48. The highest BCUT2D eigenvalue weighted by molar-refractivity contribution is 8.02. The second-order valence-electron chi connectivity index (χ2n) is 16.2. The van der Waals surface area contributed by atoms with Crippen LogP contribution in [0.2, 0.25) is 0 Å². The molecule has 72 heavy (non-hydrogen) atoms. The van der Waals surface area contributed by atoms with Crippen molar-refractivity contribution in [2.75, 3.05) is 25.0 Å². The zero-order valence-corrected chi connectivity index (χ0v) is 46.8. The summed E-state index contributed by atoms with van der Waals surface area (Å²) in [5.74, 6) is -0.973. The maximum atomic E-state index is 15.8. The molecule has 26 heteroatoms. The number of aromatic nitrogens is 4. The summed E-state index contributed by atoms with van der Waals surface area (Å²) in [4.78, 5) is 52.7. The maximum absolute atomic E-state index is 15.8. The Morgan fingerprint density at radius 1 is 0.333 bits per heavy atom. The molecule has 1 aliphatic rings. The van der Waals surface area contributed by atoms with Crippen molar-refractivity contribution in [2.45, 2.75) is 56.5 Å². The zero-order chi connectivity index (χ0) is 50.8. The molecule has 0 atom stereocenters. The van der Waals surface area contributed by atoms with Crippen LogP contribution in [0.1, 0.15) is 31.8 Å². The van der Waals surface area contributed by atoms with Crippen LogP contribution >= 0.6 is 92.4 Å². The molecule has 0 saturated heterocycles. The third-order valence-electron chi connectivity index (χ3n) is 11.0. The normalized spacial score (nSPS) is 13.4. The smallest absolute Gasteiger partial charge is 0.196 e. The predicted molar refractivity (Wildman–Crippen MR) is 287 cm³/mol. The van der Waals surface area contributed by atoms with Crippen molar-refractivity contribution >= 4 is 184 Å². The Morgan fingerprint density at radius 3 is 0.736 bits per heavy atom. The van der Waals surface area contributed by atoms with Gasteiger partial charge in [-0.2, -0.15) is 0 Å². The molecule has 14 nitrogen and oxygen atoms in total. The molecule has 4 heterocycles. The molecule has 1 aliphatic carbocycles. The Balaban J connectivity index is 1.08. The molecule has 11 rings (SSSR count). The molecular formula is C46H28N4O10S12. The molecule has 10 aromatic rings. The Kier molecular flexibility index (Phi) is 12.5. The van der Waals surface area contributed by atoms with Crippen molar-refractivity contribution < 1.29 is 43.3 Å². The minimum atomic E-state index is -3.53. The first-order chi connectivity index (χ1) is 33.9. The highest BCUT2D eigenvalue weighted by Gasteiger charge is 2.39. The monoisotopic (exact) mass is 1180 g/mol. The van der Waals surface area contributed by atoms with E-state index < -0.39 is 50.9 Å². The van der Waals surface area contributed by atoms with Crippen LogP contribution in [0, 0.1) is 0 Å². The first kappa shape index (κ1) is 49.6. The van der Waals surface area contributed by atoms with Crippen LogP contribution in [0.4, 0.5) is 0 Å². The largest absolute Gasteiger partial charge is 0.288 e. The number of nitrogens with zero attached hydrogens (tertiary/aromatic N) is 4. The number of fused-ring (bicyclic) bond motifs is 6. The zero-order valence-electron chi connectivity index (χ0n) is 37.0. The van der Waals surface area contributed by atoms with Crippen molar-refractivity contribution in [1.29, 1.82) is 0 Å². The third kappa shape index (κ3) is 9.46. The lowest BCUT2D eigenvalue weighted by Crippen LogP contribution is -2.24. The molecular weight excluding hydrogens is 1150 g/mol. The second-order valence-corrected chi connectivity index (χ2v) is 33.6. The first-order valence-electron chi connectivity index (χ1n) is 20.5. The Bertz CT molecular complexity index is 3950. The van der Waals surface area contributed by atoms with E-state index >= 15 is 9.59 Å². The second kappa shape index (κ2) is 18.1. The number of hydrogen-bond donors (Lipinski definition) is 0. The van der Waals surface area contributed by atoms with E-state index in [2.05, 4.69) is 0 Å². The van der Waals surface area contributed by atoms with Crippen molar-refractivity contribution in [1.82, 2.24) is 19.9 Å². The van der Waals surface area contributed by atoms with Gasteiger partial charge in [0.05, 0.1) is 60.4 Å². The molecule has 4 aromatic heterocycles.